The number of aliphatic hydroxyl groups excluding tert-OH is 1. The van der Waals surface area contributed by atoms with Crippen LogP contribution in [0.5, 0.6) is 0 Å². The Bertz CT molecular complexity index is 206. The lowest BCUT2D eigenvalue weighted by atomic mass is 9.83. The molecule has 0 aromatic carbocycles. The zero-order valence-corrected chi connectivity index (χ0v) is 6.91. The van der Waals surface area contributed by atoms with Crippen molar-refractivity contribution in [3.05, 3.63) is 24.0 Å². The van der Waals surface area contributed by atoms with Crippen molar-refractivity contribution < 1.29 is 10.2 Å². The molecule has 1 rings (SSSR count). The summed E-state index contributed by atoms with van der Waals surface area (Å²) in [4.78, 5) is 0. The molecule has 11 heavy (non-hydrogen) atoms. The fourth-order valence-electron chi connectivity index (χ4n) is 1.28. The summed E-state index contributed by atoms with van der Waals surface area (Å²) in [5, 5.41) is 18.9. The molecule has 2 unspecified atom stereocenters. The molecule has 2 N–H and O–H groups in total. The monoisotopic (exact) mass is 154 g/mol. The van der Waals surface area contributed by atoms with Crippen LogP contribution in [0, 0.1) is 5.92 Å². The second-order valence-electron chi connectivity index (χ2n) is 3.06. The van der Waals surface area contributed by atoms with Crippen molar-refractivity contribution in [2.24, 2.45) is 5.92 Å². The number of allylic oxidation sites excluding steroid dienone is 1. The molecule has 0 heterocycles. The summed E-state index contributed by atoms with van der Waals surface area (Å²) < 4.78 is 0. The number of aliphatic hydroxyl groups is 2. The Hall–Kier alpha value is -0.760. The molecular weight excluding hydrogens is 140 g/mol. The Labute approximate surface area is 66.9 Å². The lowest BCUT2D eigenvalue weighted by molar-refractivity contribution is 0.0470. The summed E-state index contributed by atoms with van der Waals surface area (Å²) >= 11 is 0. The molecule has 62 valence electrons. The predicted octanol–water partition coefficient (Wildman–Crippen LogP) is 1.78. The first kappa shape index (κ1) is 8.34. The summed E-state index contributed by atoms with van der Waals surface area (Å²) in [6, 6.07) is 0. The highest BCUT2D eigenvalue weighted by molar-refractivity contribution is 5.24. The van der Waals surface area contributed by atoms with Crippen molar-refractivity contribution >= 4 is 0 Å². The SMILES string of the molecule is CCC1(O)C=CC(O)=CC1C. The van der Waals surface area contributed by atoms with E-state index in [-0.39, 0.29) is 11.7 Å². The van der Waals surface area contributed by atoms with Crippen molar-refractivity contribution in [1.82, 2.24) is 0 Å². The van der Waals surface area contributed by atoms with Crippen molar-refractivity contribution in [2.45, 2.75) is 25.9 Å². The lowest BCUT2D eigenvalue weighted by Crippen LogP contribution is -2.34. The van der Waals surface area contributed by atoms with E-state index in [1.54, 1.807) is 18.2 Å². The minimum absolute atomic E-state index is 0.00231. The van der Waals surface area contributed by atoms with E-state index in [0.717, 1.165) is 0 Å². The van der Waals surface area contributed by atoms with Gasteiger partial charge in [-0.3, -0.25) is 0 Å². The van der Waals surface area contributed by atoms with E-state index in [1.807, 2.05) is 13.8 Å². The zero-order chi connectivity index (χ0) is 8.48. The molecule has 1 aliphatic rings. The van der Waals surface area contributed by atoms with E-state index < -0.39 is 5.60 Å². The topological polar surface area (TPSA) is 40.5 Å². The van der Waals surface area contributed by atoms with E-state index >= 15 is 0 Å². The molecule has 0 spiro atoms. The second-order valence-corrected chi connectivity index (χ2v) is 3.06. The van der Waals surface area contributed by atoms with Crippen LogP contribution >= 0.6 is 0 Å². The Morgan fingerprint density at radius 1 is 1.64 bits per heavy atom. The molecule has 0 saturated heterocycles. The van der Waals surface area contributed by atoms with Crippen molar-refractivity contribution in [3.63, 3.8) is 0 Å². The molecule has 2 nitrogen and oxygen atoms in total. The fourth-order valence-corrected chi connectivity index (χ4v) is 1.28. The molecule has 0 aromatic rings. The maximum absolute atomic E-state index is 9.82. The van der Waals surface area contributed by atoms with E-state index in [2.05, 4.69) is 0 Å². The zero-order valence-electron chi connectivity index (χ0n) is 6.91. The summed E-state index contributed by atoms with van der Waals surface area (Å²) in [5.74, 6) is 0.244. The van der Waals surface area contributed by atoms with Crippen LogP contribution in [-0.2, 0) is 0 Å². The van der Waals surface area contributed by atoms with Gasteiger partial charge in [0, 0.05) is 5.92 Å². The molecule has 0 bridgehead atoms. The highest BCUT2D eigenvalue weighted by Gasteiger charge is 2.29. The van der Waals surface area contributed by atoms with Crippen LogP contribution in [0.3, 0.4) is 0 Å². The van der Waals surface area contributed by atoms with Gasteiger partial charge in [-0.15, -0.1) is 0 Å². The molecule has 0 amide bonds. The first-order chi connectivity index (χ1) is 5.08. The minimum Gasteiger partial charge on any atom is -0.508 e. The summed E-state index contributed by atoms with van der Waals surface area (Å²) in [6.45, 7) is 3.82. The van der Waals surface area contributed by atoms with E-state index in [0.29, 0.717) is 6.42 Å². The average Bonchev–Trinajstić information content (AvgIpc) is 1.98. The van der Waals surface area contributed by atoms with Crippen LogP contribution in [0.25, 0.3) is 0 Å². The van der Waals surface area contributed by atoms with Crippen LogP contribution in [0.15, 0.2) is 24.0 Å². The van der Waals surface area contributed by atoms with Gasteiger partial charge in [0.05, 0.1) is 5.60 Å². The predicted molar refractivity (Wildman–Crippen MR) is 44.3 cm³/mol. The van der Waals surface area contributed by atoms with Gasteiger partial charge in [-0.1, -0.05) is 13.8 Å². The Balaban J connectivity index is 2.84. The van der Waals surface area contributed by atoms with Crippen molar-refractivity contribution in [2.75, 3.05) is 0 Å². The standard InChI is InChI=1S/C9H14O2/c1-3-9(11)5-4-8(10)6-7(9)2/h4-7,10-11H,3H2,1-2H3. The summed E-state index contributed by atoms with van der Waals surface area (Å²) in [5.41, 5.74) is -0.758. The summed E-state index contributed by atoms with van der Waals surface area (Å²) in [6.07, 6.45) is 5.55. The molecular formula is C9H14O2. The Kier molecular flexibility index (Phi) is 2.05. The summed E-state index contributed by atoms with van der Waals surface area (Å²) in [7, 11) is 0. The average molecular weight is 154 g/mol. The smallest absolute Gasteiger partial charge is 0.111 e. The molecule has 1 aliphatic carbocycles. The van der Waals surface area contributed by atoms with Crippen LogP contribution < -0.4 is 0 Å². The van der Waals surface area contributed by atoms with Crippen LogP contribution in [0.2, 0.25) is 0 Å². The Morgan fingerprint density at radius 2 is 2.27 bits per heavy atom. The molecule has 0 saturated carbocycles. The lowest BCUT2D eigenvalue weighted by Gasteiger charge is -2.30. The normalized spacial score (nSPS) is 37.0. The van der Waals surface area contributed by atoms with Gasteiger partial charge in [-0.2, -0.15) is 0 Å². The molecule has 0 aliphatic heterocycles. The largest absolute Gasteiger partial charge is 0.508 e. The van der Waals surface area contributed by atoms with E-state index in [1.165, 1.54) is 0 Å². The van der Waals surface area contributed by atoms with Gasteiger partial charge < -0.3 is 10.2 Å². The molecule has 2 heteroatoms. The van der Waals surface area contributed by atoms with Crippen LogP contribution in [-0.4, -0.2) is 15.8 Å². The maximum atomic E-state index is 9.82. The third kappa shape index (κ3) is 1.46. The van der Waals surface area contributed by atoms with Gasteiger partial charge in [0.25, 0.3) is 0 Å². The van der Waals surface area contributed by atoms with E-state index in [9.17, 15) is 5.11 Å². The number of rotatable bonds is 1. The first-order valence-electron chi connectivity index (χ1n) is 3.91. The third-order valence-electron chi connectivity index (χ3n) is 2.32. The number of hydrogen-bond donors (Lipinski definition) is 2. The second kappa shape index (κ2) is 2.70. The quantitative estimate of drug-likeness (QED) is 0.604. The van der Waals surface area contributed by atoms with Gasteiger partial charge in [0.1, 0.15) is 5.76 Å². The van der Waals surface area contributed by atoms with Gasteiger partial charge in [0.15, 0.2) is 0 Å². The molecule has 0 radical (unpaired) electrons. The van der Waals surface area contributed by atoms with Crippen molar-refractivity contribution in [3.8, 4) is 0 Å². The fraction of sp³-hybridized carbons (Fsp3) is 0.556. The van der Waals surface area contributed by atoms with Crippen LogP contribution in [0.1, 0.15) is 20.3 Å². The first-order valence-corrected chi connectivity index (χ1v) is 3.91. The molecule has 0 fully saturated rings. The third-order valence-corrected chi connectivity index (χ3v) is 2.32. The van der Waals surface area contributed by atoms with Gasteiger partial charge in [-0.05, 0) is 24.6 Å². The molecule has 2 atom stereocenters. The Morgan fingerprint density at radius 3 is 2.73 bits per heavy atom. The highest BCUT2D eigenvalue weighted by Crippen LogP contribution is 2.28. The van der Waals surface area contributed by atoms with E-state index in [4.69, 9.17) is 5.11 Å². The van der Waals surface area contributed by atoms with Gasteiger partial charge in [0.2, 0.25) is 0 Å². The number of hydrogen-bond acceptors (Lipinski definition) is 2. The van der Waals surface area contributed by atoms with Crippen LogP contribution in [0.4, 0.5) is 0 Å². The molecule has 0 aromatic heterocycles. The van der Waals surface area contributed by atoms with Crippen molar-refractivity contribution in [1.29, 1.82) is 0 Å². The maximum Gasteiger partial charge on any atom is 0.111 e. The highest BCUT2D eigenvalue weighted by atomic mass is 16.3. The van der Waals surface area contributed by atoms with Gasteiger partial charge in [-0.25, -0.2) is 0 Å². The minimum atomic E-state index is -0.758. The van der Waals surface area contributed by atoms with Gasteiger partial charge >= 0.3 is 0 Å².